The van der Waals surface area contributed by atoms with E-state index in [9.17, 15) is 0 Å². The lowest BCUT2D eigenvalue weighted by Gasteiger charge is -2.07. The van der Waals surface area contributed by atoms with Gasteiger partial charge in [-0.05, 0) is 41.0 Å². The SMILES string of the molecule is CC1(C)C(CNc2ccc(N)cc2)C1(C)C. The summed E-state index contributed by atoms with van der Waals surface area (Å²) in [6, 6.07) is 7.95. The molecular formula is C14H22N2. The van der Waals surface area contributed by atoms with Crippen molar-refractivity contribution in [1.82, 2.24) is 0 Å². The van der Waals surface area contributed by atoms with Gasteiger partial charge in [0.15, 0.2) is 0 Å². The summed E-state index contributed by atoms with van der Waals surface area (Å²) in [5, 5.41) is 3.49. The highest BCUT2D eigenvalue weighted by molar-refractivity contribution is 5.51. The number of nitrogen functional groups attached to an aromatic ring is 1. The van der Waals surface area contributed by atoms with E-state index in [1.807, 2.05) is 24.3 Å². The topological polar surface area (TPSA) is 38.0 Å². The van der Waals surface area contributed by atoms with Gasteiger partial charge in [0.1, 0.15) is 0 Å². The Bertz CT molecular complexity index is 362. The predicted octanol–water partition coefficient (Wildman–Crippen LogP) is 3.36. The molecule has 2 heteroatoms. The second kappa shape index (κ2) is 3.41. The van der Waals surface area contributed by atoms with E-state index in [4.69, 9.17) is 5.73 Å². The van der Waals surface area contributed by atoms with Crippen LogP contribution in [0.25, 0.3) is 0 Å². The Labute approximate surface area is 98.2 Å². The first-order valence-electron chi connectivity index (χ1n) is 5.95. The summed E-state index contributed by atoms with van der Waals surface area (Å²) in [5.74, 6) is 0.748. The Morgan fingerprint density at radius 2 is 1.56 bits per heavy atom. The number of benzene rings is 1. The minimum atomic E-state index is 0.452. The Balaban J connectivity index is 1.93. The summed E-state index contributed by atoms with van der Waals surface area (Å²) in [6.07, 6.45) is 0. The Morgan fingerprint density at radius 1 is 1.06 bits per heavy atom. The molecule has 0 heterocycles. The molecule has 2 rings (SSSR count). The fraction of sp³-hybridized carbons (Fsp3) is 0.571. The van der Waals surface area contributed by atoms with Crippen molar-refractivity contribution in [2.24, 2.45) is 16.7 Å². The van der Waals surface area contributed by atoms with Crippen molar-refractivity contribution in [3.63, 3.8) is 0 Å². The van der Waals surface area contributed by atoms with Crippen LogP contribution in [0, 0.1) is 16.7 Å². The minimum absolute atomic E-state index is 0.452. The predicted molar refractivity (Wildman–Crippen MR) is 70.4 cm³/mol. The summed E-state index contributed by atoms with van der Waals surface area (Å²) in [5.41, 5.74) is 8.53. The van der Waals surface area contributed by atoms with E-state index in [-0.39, 0.29) is 0 Å². The molecule has 0 saturated heterocycles. The van der Waals surface area contributed by atoms with Crippen LogP contribution in [-0.2, 0) is 0 Å². The van der Waals surface area contributed by atoms with E-state index in [1.165, 1.54) is 0 Å². The van der Waals surface area contributed by atoms with Crippen LogP contribution in [-0.4, -0.2) is 6.54 Å². The second-order valence-electron chi connectivity index (χ2n) is 6.00. The summed E-state index contributed by atoms with van der Waals surface area (Å²) in [4.78, 5) is 0. The van der Waals surface area contributed by atoms with E-state index in [1.54, 1.807) is 0 Å². The molecule has 1 fully saturated rings. The molecular weight excluding hydrogens is 196 g/mol. The molecule has 0 spiro atoms. The van der Waals surface area contributed by atoms with Crippen LogP contribution < -0.4 is 11.1 Å². The Kier molecular flexibility index (Phi) is 2.41. The van der Waals surface area contributed by atoms with Crippen molar-refractivity contribution in [3.05, 3.63) is 24.3 Å². The molecule has 1 aliphatic carbocycles. The molecule has 0 aromatic heterocycles. The van der Waals surface area contributed by atoms with Gasteiger partial charge in [0.05, 0.1) is 0 Å². The smallest absolute Gasteiger partial charge is 0.0341 e. The van der Waals surface area contributed by atoms with Gasteiger partial charge in [-0.15, -0.1) is 0 Å². The van der Waals surface area contributed by atoms with Gasteiger partial charge >= 0.3 is 0 Å². The van der Waals surface area contributed by atoms with Crippen molar-refractivity contribution in [2.45, 2.75) is 27.7 Å². The molecule has 0 atom stereocenters. The maximum atomic E-state index is 5.65. The van der Waals surface area contributed by atoms with Gasteiger partial charge in [-0.2, -0.15) is 0 Å². The van der Waals surface area contributed by atoms with Crippen molar-refractivity contribution < 1.29 is 0 Å². The van der Waals surface area contributed by atoms with Crippen molar-refractivity contribution in [1.29, 1.82) is 0 Å². The number of anilines is 2. The molecule has 0 amide bonds. The van der Waals surface area contributed by atoms with E-state index >= 15 is 0 Å². The van der Waals surface area contributed by atoms with E-state index in [0.29, 0.717) is 10.8 Å². The molecule has 2 nitrogen and oxygen atoms in total. The van der Waals surface area contributed by atoms with Crippen molar-refractivity contribution >= 4 is 11.4 Å². The molecule has 16 heavy (non-hydrogen) atoms. The zero-order chi connectivity index (χ0) is 12.0. The number of hydrogen-bond donors (Lipinski definition) is 2. The Hall–Kier alpha value is -1.18. The van der Waals surface area contributed by atoms with Gasteiger partial charge in [-0.1, -0.05) is 27.7 Å². The first-order valence-corrected chi connectivity index (χ1v) is 5.95. The Morgan fingerprint density at radius 3 is 2.00 bits per heavy atom. The lowest BCUT2D eigenvalue weighted by Crippen LogP contribution is -2.07. The summed E-state index contributed by atoms with van der Waals surface area (Å²) in [6.45, 7) is 10.4. The fourth-order valence-corrected chi connectivity index (χ4v) is 2.66. The zero-order valence-corrected chi connectivity index (χ0v) is 10.7. The van der Waals surface area contributed by atoms with Crippen LogP contribution in [0.5, 0.6) is 0 Å². The van der Waals surface area contributed by atoms with Crippen LogP contribution in [0.1, 0.15) is 27.7 Å². The summed E-state index contributed by atoms with van der Waals surface area (Å²) < 4.78 is 0. The average molecular weight is 218 g/mol. The molecule has 88 valence electrons. The quantitative estimate of drug-likeness (QED) is 0.763. The van der Waals surface area contributed by atoms with Gasteiger partial charge in [0, 0.05) is 17.9 Å². The van der Waals surface area contributed by atoms with Gasteiger partial charge in [-0.3, -0.25) is 0 Å². The number of rotatable bonds is 3. The molecule has 1 aromatic rings. The maximum absolute atomic E-state index is 5.65. The third kappa shape index (κ3) is 1.66. The van der Waals surface area contributed by atoms with Crippen LogP contribution in [0.2, 0.25) is 0 Å². The van der Waals surface area contributed by atoms with Crippen molar-refractivity contribution in [3.8, 4) is 0 Å². The van der Waals surface area contributed by atoms with Crippen LogP contribution in [0.15, 0.2) is 24.3 Å². The lowest BCUT2D eigenvalue weighted by atomic mass is 10.0. The number of nitrogens with two attached hydrogens (primary N) is 1. The minimum Gasteiger partial charge on any atom is -0.399 e. The highest BCUT2D eigenvalue weighted by atomic mass is 14.9. The lowest BCUT2D eigenvalue weighted by molar-refractivity contribution is 0.457. The molecule has 0 radical (unpaired) electrons. The zero-order valence-electron chi connectivity index (χ0n) is 10.7. The summed E-state index contributed by atoms with van der Waals surface area (Å²) in [7, 11) is 0. The third-order valence-corrected chi connectivity index (χ3v) is 4.74. The molecule has 0 unspecified atom stereocenters. The highest BCUT2D eigenvalue weighted by Crippen LogP contribution is 2.68. The third-order valence-electron chi connectivity index (χ3n) is 4.74. The largest absolute Gasteiger partial charge is 0.399 e. The number of nitrogens with one attached hydrogen (secondary N) is 1. The first-order chi connectivity index (χ1) is 7.35. The molecule has 1 saturated carbocycles. The van der Waals surface area contributed by atoms with E-state index in [2.05, 4.69) is 33.0 Å². The van der Waals surface area contributed by atoms with Gasteiger partial charge < -0.3 is 11.1 Å². The second-order valence-corrected chi connectivity index (χ2v) is 6.00. The summed E-state index contributed by atoms with van der Waals surface area (Å²) >= 11 is 0. The highest BCUT2D eigenvalue weighted by Gasteiger charge is 2.63. The first kappa shape index (κ1) is 11.3. The molecule has 0 bridgehead atoms. The van der Waals surface area contributed by atoms with Crippen LogP contribution in [0.4, 0.5) is 11.4 Å². The monoisotopic (exact) mass is 218 g/mol. The van der Waals surface area contributed by atoms with Gasteiger partial charge in [0.2, 0.25) is 0 Å². The van der Waals surface area contributed by atoms with E-state index < -0.39 is 0 Å². The van der Waals surface area contributed by atoms with Gasteiger partial charge in [-0.25, -0.2) is 0 Å². The van der Waals surface area contributed by atoms with Crippen LogP contribution in [0.3, 0.4) is 0 Å². The standard InChI is InChI=1S/C14H22N2/c1-13(2)12(14(13,3)4)9-16-11-7-5-10(15)6-8-11/h5-8,12,16H,9,15H2,1-4H3. The average Bonchev–Trinajstić information content (AvgIpc) is 2.58. The van der Waals surface area contributed by atoms with Crippen LogP contribution >= 0.6 is 0 Å². The maximum Gasteiger partial charge on any atom is 0.0341 e. The molecule has 3 N–H and O–H groups in total. The molecule has 1 aliphatic rings. The van der Waals surface area contributed by atoms with Gasteiger partial charge in [0.25, 0.3) is 0 Å². The normalized spacial score (nSPS) is 21.8. The van der Waals surface area contributed by atoms with Crippen molar-refractivity contribution in [2.75, 3.05) is 17.6 Å². The fourth-order valence-electron chi connectivity index (χ4n) is 2.66. The molecule has 0 aliphatic heterocycles. The van der Waals surface area contributed by atoms with E-state index in [0.717, 1.165) is 23.8 Å². The number of hydrogen-bond acceptors (Lipinski definition) is 2. The molecule has 1 aromatic carbocycles.